The third-order valence-corrected chi connectivity index (χ3v) is 3.55. The molecule has 5 heteroatoms. The molecule has 2 unspecified atom stereocenters. The minimum absolute atomic E-state index is 0.0992. The number of aromatic nitrogens is 2. The molecule has 2 rings (SSSR count). The van der Waals surface area contributed by atoms with Gasteiger partial charge < -0.3 is 10.6 Å². The molecule has 5 nitrogen and oxygen atoms in total. The molecule has 0 spiro atoms. The van der Waals surface area contributed by atoms with Crippen LogP contribution in [0.3, 0.4) is 0 Å². The van der Waals surface area contributed by atoms with Gasteiger partial charge in [-0.3, -0.25) is 9.89 Å². The molecule has 18 heavy (non-hydrogen) atoms. The van der Waals surface area contributed by atoms with Crippen LogP contribution in [0.2, 0.25) is 0 Å². The van der Waals surface area contributed by atoms with Gasteiger partial charge in [-0.05, 0) is 32.3 Å². The highest BCUT2D eigenvalue weighted by molar-refractivity contribution is 5.76. The van der Waals surface area contributed by atoms with Crippen LogP contribution >= 0.6 is 0 Å². The summed E-state index contributed by atoms with van der Waals surface area (Å²) in [5.41, 5.74) is 6.83. The first-order chi connectivity index (χ1) is 8.66. The summed E-state index contributed by atoms with van der Waals surface area (Å²) in [5.74, 6) is 0.636. The number of aromatic amines is 1. The molecule has 2 atom stereocenters. The van der Waals surface area contributed by atoms with E-state index in [1.54, 1.807) is 6.20 Å². The Morgan fingerprint density at radius 1 is 1.72 bits per heavy atom. The lowest BCUT2D eigenvalue weighted by Crippen LogP contribution is -2.39. The first-order valence-corrected chi connectivity index (χ1v) is 6.69. The lowest BCUT2D eigenvalue weighted by Gasteiger charge is -2.32. The van der Waals surface area contributed by atoms with Crippen LogP contribution in [0.1, 0.15) is 44.2 Å². The van der Waals surface area contributed by atoms with Crippen molar-refractivity contribution >= 4 is 5.91 Å². The molecule has 1 fully saturated rings. The van der Waals surface area contributed by atoms with Crippen LogP contribution in [-0.2, 0) is 4.79 Å². The summed E-state index contributed by atoms with van der Waals surface area (Å²) in [6.07, 6.45) is 5.29. The van der Waals surface area contributed by atoms with Gasteiger partial charge >= 0.3 is 0 Å². The molecule has 1 aliphatic heterocycles. The summed E-state index contributed by atoms with van der Waals surface area (Å²) in [5, 5.41) is 6.99. The van der Waals surface area contributed by atoms with Gasteiger partial charge in [0.15, 0.2) is 0 Å². The molecule has 0 saturated carbocycles. The maximum Gasteiger partial charge on any atom is 0.222 e. The molecule has 1 aromatic rings. The van der Waals surface area contributed by atoms with Crippen molar-refractivity contribution in [2.24, 2.45) is 5.73 Å². The topological polar surface area (TPSA) is 75.0 Å². The SMILES string of the molecule is CC(N)CCC(=O)N1CCCC(c2ccn[nH]2)C1. The summed E-state index contributed by atoms with van der Waals surface area (Å²) < 4.78 is 0. The number of amides is 1. The first-order valence-electron chi connectivity index (χ1n) is 6.69. The maximum absolute atomic E-state index is 12.1. The van der Waals surface area contributed by atoms with E-state index in [1.807, 2.05) is 17.9 Å². The number of rotatable bonds is 4. The summed E-state index contributed by atoms with van der Waals surface area (Å²) in [4.78, 5) is 14.0. The summed E-state index contributed by atoms with van der Waals surface area (Å²) in [6.45, 7) is 3.62. The number of hydrogen-bond donors (Lipinski definition) is 2. The Labute approximate surface area is 108 Å². The van der Waals surface area contributed by atoms with Crippen molar-refractivity contribution in [1.29, 1.82) is 0 Å². The van der Waals surface area contributed by atoms with Gasteiger partial charge in [0.25, 0.3) is 0 Å². The number of H-pyrrole nitrogens is 1. The molecule has 1 saturated heterocycles. The first kappa shape index (κ1) is 13.1. The van der Waals surface area contributed by atoms with Gasteiger partial charge in [-0.15, -0.1) is 0 Å². The second-order valence-electron chi connectivity index (χ2n) is 5.21. The number of hydrogen-bond acceptors (Lipinski definition) is 3. The van der Waals surface area contributed by atoms with Crippen molar-refractivity contribution in [1.82, 2.24) is 15.1 Å². The van der Waals surface area contributed by atoms with Crippen LogP contribution in [0.4, 0.5) is 0 Å². The molecule has 2 heterocycles. The van der Waals surface area contributed by atoms with Crippen LogP contribution in [0.25, 0.3) is 0 Å². The van der Waals surface area contributed by atoms with Gasteiger partial charge in [0, 0.05) is 43.4 Å². The fourth-order valence-electron chi connectivity index (χ4n) is 2.46. The lowest BCUT2D eigenvalue weighted by molar-refractivity contribution is -0.132. The maximum atomic E-state index is 12.1. The van der Waals surface area contributed by atoms with Crippen molar-refractivity contribution in [3.05, 3.63) is 18.0 Å². The summed E-state index contributed by atoms with van der Waals surface area (Å²) in [7, 11) is 0. The number of nitrogens with one attached hydrogen (secondary N) is 1. The smallest absolute Gasteiger partial charge is 0.222 e. The quantitative estimate of drug-likeness (QED) is 0.844. The fourth-order valence-corrected chi connectivity index (χ4v) is 2.46. The minimum atomic E-state index is 0.0992. The van der Waals surface area contributed by atoms with E-state index >= 15 is 0 Å². The van der Waals surface area contributed by atoms with E-state index in [9.17, 15) is 4.79 Å². The van der Waals surface area contributed by atoms with Gasteiger partial charge in [-0.25, -0.2) is 0 Å². The van der Waals surface area contributed by atoms with Crippen molar-refractivity contribution in [3.8, 4) is 0 Å². The molecule has 100 valence electrons. The Balaban J connectivity index is 1.88. The highest BCUT2D eigenvalue weighted by atomic mass is 16.2. The molecular formula is C13H22N4O. The highest BCUT2D eigenvalue weighted by Gasteiger charge is 2.25. The fraction of sp³-hybridized carbons (Fsp3) is 0.692. The molecule has 0 radical (unpaired) electrons. The third kappa shape index (κ3) is 3.32. The van der Waals surface area contributed by atoms with Crippen LogP contribution in [0.15, 0.2) is 12.3 Å². The molecule has 1 aromatic heterocycles. The predicted octanol–water partition coefficient (Wildman–Crippen LogP) is 1.24. The Bertz CT molecular complexity index is 374. The normalized spacial score (nSPS) is 21.9. The molecule has 3 N–H and O–H groups in total. The number of carbonyl (C=O) groups is 1. The molecule has 1 aliphatic rings. The molecular weight excluding hydrogens is 228 g/mol. The molecule has 1 amide bonds. The van der Waals surface area contributed by atoms with E-state index in [4.69, 9.17) is 5.73 Å². The zero-order valence-electron chi connectivity index (χ0n) is 10.9. The number of likely N-dealkylation sites (tertiary alicyclic amines) is 1. The van der Waals surface area contributed by atoms with Gasteiger partial charge in [0.1, 0.15) is 0 Å². The Morgan fingerprint density at radius 2 is 2.56 bits per heavy atom. The number of nitrogens with two attached hydrogens (primary N) is 1. The van der Waals surface area contributed by atoms with Crippen LogP contribution in [0, 0.1) is 0 Å². The molecule has 0 aliphatic carbocycles. The summed E-state index contributed by atoms with van der Waals surface area (Å²) >= 11 is 0. The third-order valence-electron chi connectivity index (χ3n) is 3.55. The van der Waals surface area contributed by atoms with Crippen LogP contribution in [0.5, 0.6) is 0 Å². The Hall–Kier alpha value is -1.36. The molecule has 0 bridgehead atoms. The van der Waals surface area contributed by atoms with Crippen molar-refractivity contribution < 1.29 is 4.79 Å². The second-order valence-corrected chi connectivity index (χ2v) is 5.21. The number of piperidine rings is 1. The zero-order valence-corrected chi connectivity index (χ0v) is 10.9. The standard InChI is InChI=1S/C13H22N4O/c1-10(14)4-5-13(18)17-8-2-3-11(9-17)12-6-7-15-16-12/h6-7,10-11H,2-5,8-9,14H2,1H3,(H,15,16). The average molecular weight is 250 g/mol. The van der Waals surface area contributed by atoms with E-state index in [0.29, 0.717) is 12.3 Å². The molecule has 0 aromatic carbocycles. The van der Waals surface area contributed by atoms with Crippen LogP contribution in [-0.4, -0.2) is 40.1 Å². The Kier molecular flexibility index (Phi) is 4.36. The van der Waals surface area contributed by atoms with E-state index in [1.165, 1.54) is 0 Å². The largest absolute Gasteiger partial charge is 0.342 e. The second kappa shape index (κ2) is 6.00. The van der Waals surface area contributed by atoms with E-state index in [-0.39, 0.29) is 11.9 Å². The monoisotopic (exact) mass is 250 g/mol. The van der Waals surface area contributed by atoms with Crippen molar-refractivity contribution in [2.45, 2.75) is 44.6 Å². The van der Waals surface area contributed by atoms with Crippen molar-refractivity contribution in [2.75, 3.05) is 13.1 Å². The Morgan fingerprint density at radius 3 is 3.22 bits per heavy atom. The zero-order chi connectivity index (χ0) is 13.0. The minimum Gasteiger partial charge on any atom is -0.342 e. The van der Waals surface area contributed by atoms with Crippen LogP contribution < -0.4 is 5.73 Å². The summed E-state index contributed by atoms with van der Waals surface area (Å²) in [6, 6.07) is 2.10. The predicted molar refractivity (Wildman–Crippen MR) is 70.0 cm³/mol. The average Bonchev–Trinajstić information content (AvgIpc) is 2.90. The van der Waals surface area contributed by atoms with Crippen molar-refractivity contribution in [3.63, 3.8) is 0 Å². The van der Waals surface area contributed by atoms with E-state index in [2.05, 4.69) is 10.2 Å². The highest BCUT2D eigenvalue weighted by Crippen LogP contribution is 2.25. The van der Waals surface area contributed by atoms with Gasteiger partial charge in [0.05, 0.1) is 0 Å². The van der Waals surface area contributed by atoms with E-state index in [0.717, 1.165) is 38.0 Å². The number of carbonyl (C=O) groups excluding carboxylic acids is 1. The van der Waals surface area contributed by atoms with Gasteiger partial charge in [-0.2, -0.15) is 5.10 Å². The van der Waals surface area contributed by atoms with Gasteiger partial charge in [-0.1, -0.05) is 0 Å². The number of nitrogens with zero attached hydrogens (tertiary/aromatic N) is 2. The lowest BCUT2D eigenvalue weighted by atomic mass is 9.94. The van der Waals surface area contributed by atoms with Gasteiger partial charge in [0.2, 0.25) is 5.91 Å². The van der Waals surface area contributed by atoms with E-state index < -0.39 is 0 Å².